The summed E-state index contributed by atoms with van der Waals surface area (Å²) in [5.41, 5.74) is -0.796. The standard InChI is InChI=1S/C18H25NO6/c1-3-12-8-11(2)18(23,10-20)17(22)24-9-13-4-6-19-7-5-14(15(13)19)25-16(12)21/h3-4,11,14-15,20,23H,5-10H2,1-2H3/b12-3+/t11?,14-,15-,18-/m1/s1. The van der Waals surface area contributed by atoms with Crippen molar-refractivity contribution in [3.8, 4) is 0 Å². The van der Waals surface area contributed by atoms with Crippen LogP contribution < -0.4 is 0 Å². The minimum absolute atomic E-state index is 0.0273. The summed E-state index contributed by atoms with van der Waals surface area (Å²) in [6, 6.07) is -0.0890. The molecule has 25 heavy (non-hydrogen) atoms. The normalized spacial score (nSPS) is 38.5. The minimum atomic E-state index is -2.05. The van der Waals surface area contributed by atoms with Crippen LogP contribution in [-0.2, 0) is 19.1 Å². The van der Waals surface area contributed by atoms with Crippen molar-refractivity contribution >= 4 is 11.9 Å². The molecule has 3 aliphatic rings. The third kappa shape index (κ3) is 3.12. The molecule has 3 aliphatic heterocycles. The average molecular weight is 351 g/mol. The van der Waals surface area contributed by atoms with Crippen molar-refractivity contribution in [2.75, 3.05) is 26.3 Å². The van der Waals surface area contributed by atoms with Gasteiger partial charge < -0.3 is 19.7 Å². The second-order valence-electron chi connectivity index (χ2n) is 7.03. The number of hydrogen-bond acceptors (Lipinski definition) is 7. The zero-order valence-corrected chi connectivity index (χ0v) is 14.6. The molecule has 1 unspecified atom stereocenters. The van der Waals surface area contributed by atoms with Gasteiger partial charge in [0.25, 0.3) is 0 Å². The summed E-state index contributed by atoms with van der Waals surface area (Å²) in [5, 5.41) is 20.2. The molecule has 7 heteroatoms. The van der Waals surface area contributed by atoms with Crippen LogP contribution in [0.25, 0.3) is 0 Å². The number of hydrogen-bond donors (Lipinski definition) is 2. The summed E-state index contributed by atoms with van der Waals surface area (Å²) in [5.74, 6) is -1.99. The van der Waals surface area contributed by atoms with Gasteiger partial charge in [-0.15, -0.1) is 0 Å². The van der Waals surface area contributed by atoms with Crippen LogP contribution in [-0.4, -0.2) is 71.1 Å². The molecule has 2 saturated heterocycles. The third-order valence-electron chi connectivity index (χ3n) is 5.59. The van der Waals surface area contributed by atoms with Gasteiger partial charge in [-0.25, -0.2) is 9.59 Å². The van der Waals surface area contributed by atoms with Crippen LogP contribution in [0.2, 0.25) is 0 Å². The first-order valence-corrected chi connectivity index (χ1v) is 8.70. The zero-order chi connectivity index (χ0) is 18.2. The second kappa shape index (κ2) is 6.90. The molecular weight excluding hydrogens is 326 g/mol. The Morgan fingerprint density at radius 1 is 1.44 bits per heavy atom. The van der Waals surface area contributed by atoms with E-state index in [1.807, 2.05) is 6.08 Å². The number of ether oxygens (including phenoxy) is 2. The minimum Gasteiger partial charge on any atom is -0.459 e. The SMILES string of the molecule is C/C=C1\CC(C)[C@](O)(CO)C(=O)OCC2=CCN3CC[C@@H](OC1=O)[C@@H]23. The van der Waals surface area contributed by atoms with Gasteiger partial charge in [-0.3, -0.25) is 4.90 Å². The van der Waals surface area contributed by atoms with Crippen LogP contribution in [0.5, 0.6) is 0 Å². The quantitative estimate of drug-likeness (QED) is 0.395. The van der Waals surface area contributed by atoms with Gasteiger partial charge in [0.1, 0.15) is 12.7 Å². The molecule has 2 N–H and O–H groups in total. The summed E-state index contributed by atoms with van der Waals surface area (Å²) < 4.78 is 11.1. The maximum Gasteiger partial charge on any atom is 0.341 e. The lowest BCUT2D eigenvalue weighted by atomic mass is 9.84. The molecule has 0 aromatic heterocycles. The molecule has 7 nitrogen and oxygen atoms in total. The molecule has 0 amide bonds. The van der Waals surface area contributed by atoms with Crippen molar-refractivity contribution in [1.29, 1.82) is 0 Å². The Morgan fingerprint density at radius 3 is 2.88 bits per heavy atom. The van der Waals surface area contributed by atoms with Crippen molar-refractivity contribution in [1.82, 2.24) is 4.90 Å². The Morgan fingerprint density at radius 2 is 2.20 bits per heavy atom. The number of esters is 2. The number of nitrogens with zero attached hydrogens (tertiary/aromatic N) is 1. The lowest BCUT2D eigenvalue weighted by molar-refractivity contribution is -0.176. The van der Waals surface area contributed by atoms with Crippen molar-refractivity contribution in [2.24, 2.45) is 5.92 Å². The van der Waals surface area contributed by atoms with Gasteiger partial charge in [-0.2, -0.15) is 0 Å². The van der Waals surface area contributed by atoms with Crippen molar-refractivity contribution in [3.05, 3.63) is 23.3 Å². The number of carbonyl (C=O) groups is 2. The lowest BCUT2D eigenvalue weighted by Gasteiger charge is -2.32. The van der Waals surface area contributed by atoms with Crippen molar-refractivity contribution < 1.29 is 29.3 Å². The summed E-state index contributed by atoms with van der Waals surface area (Å²) in [4.78, 5) is 27.2. The number of carbonyl (C=O) groups excluding carboxylic acids is 2. The van der Waals surface area contributed by atoms with Crippen LogP contribution >= 0.6 is 0 Å². The van der Waals surface area contributed by atoms with Crippen molar-refractivity contribution in [3.63, 3.8) is 0 Å². The summed E-state index contributed by atoms with van der Waals surface area (Å²) in [6.45, 7) is 4.12. The number of cyclic esters (lactones) is 1. The predicted molar refractivity (Wildman–Crippen MR) is 88.5 cm³/mol. The molecule has 138 valence electrons. The van der Waals surface area contributed by atoms with Crippen molar-refractivity contribution in [2.45, 2.75) is 44.4 Å². The van der Waals surface area contributed by atoms with E-state index in [0.717, 1.165) is 25.1 Å². The van der Waals surface area contributed by atoms with Gasteiger partial charge in [0.15, 0.2) is 5.60 Å². The molecule has 0 saturated carbocycles. The smallest absolute Gasteiger partial charge is 0.341 e. The van der Waals surface area contributed by atoms with Crippen LogP contribution in [0.15, 0.2) is 23.3 Å². The van der Waals surface area contributed by atoms with Gasteiger partial charge in [0.2, 0.25) is 0 Å². The molecule has 3 rings (SSSR count). The molecule has 0 bridgehead atoms. The highest BCUT2D eigenvalue weighted by molar-refractivity contribution is 5.89. The number of rotatable bonds is 1. The van der Waals surface area contributed by atoms with Gasteiger partial charge in [0.05, 0.1) is 12.6 Å². The molecule has 3 heterocycles. The van der Waals surface area contributed by atoms with E-state index in [0.29, 0.717) is 5.57 Å². The molecule has 0 aromatic carbocycles. The molecule has 0 spiro atoms. The van der Waals surface area contributed by atoms with Crippen LogP contribution in [0.4, 0.5) is 0 Å². The van der Waals surface area contributed by atoms with Gasteiger partial charge in [0, 0.05) is 24.6 Å². The Balaban J connectivity index is 1.93. The molecule has 0 radical (unpaired) electrons. The number of aliphatic hydroxyl groups excluding tert-OH is 1. The zero-order valence-electron chi connectivity index (χ0n) is 14.6. The van der Waals surface area contributed by atoms with Gasteiger partial charge in [-0.05, 0) is 25.3 Å². The lowest BCUT2D eigenvalue weighted by Crippen LogP contribution is -2.50. The van der Waals surface area contributed by atoms with Crippen LogP contribution in [0.3, 0.4) is 0 Å². The van der Waals surface area contributed by atoms with E-state index in [2.05, 4.69) is 4.90 Å². The average Bonchev–Trinajstić information content (AvgIpc) is 3.18. The highest BCUT2D eigenvalue weighted by Crippen LogP contribution is 2.34. The maximum atomic E-state index is 12.6. The van der Waals surface area contributed by atoms with E-state index in [1.165, 1.54) is 0 Å². The van der Waals surface area contributed by atoms with Crippen LogP contribution in [0, 0.1) is 5.92 Å². The van der Waals surface area contributed by atoms with Crippen LogP contribution in [0.1, 0.15) is 26.7 Å². The fourth-order valence-electron chi connectivity index (χ4n) is 3.85. The Hall–Kier alpha value is -1.70. The van der Waals surface area contributed by atoms with Gasteiger partial charge in [-0.1, -0.05) is 19.1 Å². The Kier molecular flexibility index (Phi) is 4.99. The molecule has 0 aromatic rings. The monoisotopic (exact) mass is 351 g/mol. The maximum absolute atomic E-state index is 12.6. The summed E-state index contributed by atoms with van der Waals surface area (Å²) in [6.07, 6.45) is 4.20. The second-order valence-corrected chi connectivity index (χ2v) is 7.03. The Labute approximate surface area is 146 Å². The van der Waals surface area contributed by atoms with E-state index < -0.39 is 30.1 Å². The Bertz CT molecular complexity index is 627. The highest BCUT2D eigenvalue weighted by Gasteiger charge is 2.46. The van der Waals surface area contributed by atoms with E-state index >= 15 is 0 Å². The first-order chi connectivity index (χ1) is 11.9. The van der Waals surface area contributed by atoms with E-state index in [1.54, 1.807) is 19.9 Å². The number of allylic oxidation sites excluding steroid dienone is 1. The van der Waals surface area contributed by atoms with E-state index in [9.17, 15) is 19.8 Å². The summed E-state index contributed by atoms with van der Waals surface area (Å²) >= 11 is 0. The third-order valence-corrected chi connectivity index (χ3v) is 5.59. The van der Waals surface area contributed by atoms with Gasteiger partial charge >= 0.3 is 11.9 Å². The fourth-order valence-corrected chi connectivity index (χ4v) is 3.85. The predicted octanol–water partition coefficient (Wildman–Crippen LogP) is 0.165. The van der Waals surface area contributed by atoms with E-state index in [4.69, 9.17) is 9.47 Å². The topological polar surface area (TPSA) is 96.3 Å². The number of aliphatic hydroxyl groups is 2. The fraction of sp³-hybridized carbons (Fsp3) is 0.667. The first-order valence-electron chi connectivity index (χ1n) is 8.70. The van der Waals surface area contributed by atoms with E-state index in [-0.39, 0.29) is 25.2 Å². The first kappa shape index (κ1) is 18.1. The largest absolute Gasteiger partial charge is 0.459 e. The molecule has 4 atom stereocenters. The molecule has 0 aliphatic carbocycles. The highest BCUT2D eigenvalue weighted by atomic mass is 16.6. The summed E-state index contributed by atoms with van der Waals surface area (Å²) in [7, 11) is 0. The molecular formula is C18H25NO6. The molecule has 2 fully saturated rings.